The molecule has 0 fully saturated rings. The normalized spacial score (nSPS) is 11.8. The maximum absolute atomic E-state index is 11.6. The van der Waals surface area contributed by atoms with Crippen molar-refractivity contribution < 1.29 is 14.7 Å². The number of H-pyrrole nitrogens is 1. The molecule has 1 heterocycles. The van der Waals surface area contributed by atoms with Gasteiger partial charge in [0.05, 0.1) is 25.0 Å². The quantitative estimate of drug-likeness (QED) is 0.578. The van der Waals surface area contributed by atoms with Crippen LogP contribution in [0.25, 0.3) is 0 Å². The van der Waals surface area contributed by atoms with Crippen LogP contribution in [0.5, 0.6) is 0 Å². The number of rotatable bonds is 7. The molecule has 18 heavy (non-hydrogen) atoms. The molecule has 7 nitrogen and oxygen atoms in total. The van der Waals surface area contributed by atoms with Crippen LogP contribution < -0.4 is 10.6 Å². The summed E-state index contributed by atoms with van der Waals surface area (Å²) in [6.07, 6.45) is 4.54. The number of urea groups is 1. The van der Waals surface area contributed by atoms with Gasteiger partial charge in [0.25, 0.3) is 0 Å². The van der Waals surface area contributed by atoms with Gasteiger partial charge < -0.3 is 20.7 Å². The van der Waals surface area contributed by atoms with Gasteiger partial charge in [0.15, 0.2) is 0 Å². The fraction of sp³-hybridized carbons (Fsp3) is 0.545. The number of aliphatic carboxylic acids is 1. The number of aromatic nitrogens is 2. The smallest absolute Gasteiger partial charge is 0.315 e. The molecule has 0 radical (unpaired) electrons. The minimum absolute atomic E-state index is 0.0642. The number of carbonyl (C=O) groups excluding carboxylic acids is 1. The van der Waals surface area contributed by atoms with Crippen molar-refractivity contribution in [1.82, 2.24) is 20.6 Å². The Bertz CT molecular complexity index is 378. The molecule has 100 valence electrons. The number of carboxylic acids is 1. The van der Waals surface area contributed by atoms with Crippen molar-refractivity contribution in [2.75, 3.05) is 0 Å². The van der Waals surface area contributed by atoms with Gasteiger partial charge in [-0.1, -0.05) is 13.3 Å². The van der Waals surface area contributed by atoms with Gasteiger partial charge in [-0.15, -0.1) is 0 Å². The Hall–Kier alpha value is -2.05. The Balaban J connectivity index is 2.33. The van der Waals surface area contributed by atoms with Crippen molar-refractivity contribution in [3.05, 3.63) is 18.2 Å². The molecule has 0 saturated carbocycles. The van der Waals surface area contributed by atoms with E-state index in [4.69, 9.17) is 5.11 Å². The van der Waals surface area contributed by atoms with Crippen molar-refractivity contribution >= 4 is 12.0 Å². The van der Waals surface area contributed by atoms with E-state index in [1.807, 2.05) is 6.92 Å². The molecular formula is C11H18N4O3. The van der Waals surface area contributed by atoms with Gasteiger partial charge in [0.2, 0.25) is 0 Å². The van der Waals surface area contributed by atoms with E-state index < -0.39 is 5.97 Å². The number of hydrogen-bond donors (Lipinski definition) is 4. The molecule has 1 atom stereocenters. The SMILES string of the molecule is CCCC(CC(=O)O)NC(=O)NCc1cnc[nH]1. The lowest BCUT2D eigenvalue weighted by Gasteiger charge is -2.16. The van der Waals surface area contributed by atoms with E-state index in [9.17, 15) is 9.59 Å². The molecule has 7 heteroatoms. The molecule has 0 aliphatic carbocycles. The molecule has 0 spiro atoms. The summed E-state index contributed by atoms with van der Waals surface area (Å²) in [6.45, 7) is 2.27. The van der Waals surface area contributed by atoms with Crippen LogP contribution in [0.1, 0.15) is 31.9 Å². The van der Waals surface area contributed by atoms with Crippen LogP contribution in [0, 0.1) is 0 Å². The van der Waals surface area contributed by atoms with Gasteiger partial charge in [0, 0.05) is 12.2 Å². The van der Waals surface area contributed by atoms with E-state index in [0.717, 1.165) is 12.1 Å². The van der Waals surface area contributed by atoms with Crippen molar-refractivity contribution in [2.24, 2.45) is 0 Å². The number of carboxylic acid groups (broad SMARTS) is 1. The highest BCUT2D eigenvalue weighted by Crippen LogP contribution is 2.01. The lowest BCUT2D eigenvalue weighted by Crippen LogP contribution is -2.42. The highest BCUT2D eigenvalue weighted by Gasteiger charge is 2.14. The van der Waals surface area contributed by atoms with Crippen molar-refractivity contribution in [1.29, 1.82) is 0 Å². The largest absolute Gasteiger partial charge is 0.481 e. The van der Waals surface area contributed by atoms with E-state index in [2.05, 4.69) is 20.6 Å². The van der Waals surface area contributed by atoms with Crippen LogP contribution in [0.15, 0.2) is 12.5 Å². The summed E-state index contributed by atoms with van der Waals surface area (Å²) in [5.74, 6) is -0.915. The molecular weight excluding hydrogens is 236 g/mol. The van der Waals surface area contributed by atoms with E-state index in [0.29, 0.717) is 13.0 Å². The fourth-order valence-electron chi connectivity index (χ4n) is 1.58. The lowest BCUT2D eigenvalue weighted by atomic mass is 10.1. The Morgan fingerprint density at radius 3 is 2.89 bits per heavy atom. The topological polar surface area (TPSA) is 107 Å². The molecule has 0 bridgehead atoms. The zero-order valence-electron chi connectivity index (χ0n) is 10.3. The Morgan fingerprint density at radius 2 is 2.33 bits per heavy atom. The first-order valence-electron chi connectivity index (χ1n) is 5.85. The summed E-state index contributed by atoms with van der Waals surface area (Å²) in [5.41, 5.74) is 0.787. The first-order valence-corrected chi connectivity index (χ1v) is 5.85. The van der Waals surface area contributed by atoms with Gasteiger partial charge >= 0.3 is 12.0 Å². The van der Waals surface area contributed by atoms with Crippen LogP contribution in [-0.4, -0.2) is 33.1 Å². The average Bonchev–Trinajstić information content (AvgIpc) is 2.78. The first kappa shape index (κ1) is 14.0. The second-order valence-corrected chi connectivity index (χ2v) is 3.99. The zero-order valence-corrected chi connectivity index (χ0v) is 10.3. The third kappa shape index (κ3) is 5.33. The molecule has 0 aliphatic heterocycles. The Kier molecular flexibility index (Phi) is 5.69. The van der Waals surface area contributed by atoms with Crippen molar-refractivity contribution in [2.45, 2.75) is 38.8 Å². The minimum atomic E-state index is -0.915. The highest BCUT2D eigenvalue weighted by atomic mass is 16.4. The number of aromatic amines is 1. The van der Waals surface area contributed by atoms with Gasteiger partial charge in [0.1, 0.15) is 0 Å². The maximum atomic E-state index is 11.6. The Labute approximate surface area is 105 Å². The van der Waals surface area contributed by atoms with Crippen molar-refractivity contribution in [3.8, 4) is 0 Å². The van der Waals surface area contributed by atoms with Gasteiger partial charge in [-0.2, -0.15) is 0 Å². The standard InChI is InChI=1S/C11H18N4O3/c1-2-3-8(4-10(16)17)15-11(18)13-6-9-5-12-7-14-9/h5,7-8H,2-4,6H2,1H3,(H,12,14)(H,16,17)(H2,13,15,18). The number of hydrogen-bond acceptors (Lipinski definition) is 3. The van der Waals surface area contributed by atoms with E-state index in [1.54, 1.807) is 6.20 Å². The molecule has 1 aromatic heterocycles. The van der Waals surface area contributed by atoms with E-state index >= 15 is 0 Å². The van der Waals surface area contributed by atoms with Crippen LogP contribution in [0.4, 0.5) is 4.79 Å². The summed E-state index contributed by atoms with van der Waals surface area (Å²) >= 11 is 0. The summed E-state index contributed by atoms with van der Waals surface area (Å²) in [5, 5.41) is 14.0. The molecule has 1 rings (SSSR count). The molecule has 0 aliphatic rings. The molecule has 4 N–H and O–H groups in total. The number of amides is 2. The predicted molar refractivity (Wildman–Crippen MR) is 64.9 cm³/mol. The summed E-state index contributed by atoms with van der Waals surface area (Å²) < 4.78 is 0. The summed E-state index contributed by atoms with van der Waals surface area (Å²) in [7, 11) is 0. The molecule has 2 amide bonds. The third-order valence-electron chi connectivity index (χ3n) is 2.39. The van der Waals surface area contributed by atoms with Gasteiger partial charge in [-0.05, 0) is 6.42 Å². The van der Waals surface area contributed by atoms with Gasteiger partial charge in [-0.25, -0.2) is 9.78 Å². The number of nitrogens with zero attached hydrogens (tertiary/aromatic N) is 1. The van der Waals surface area contributed by atoms with E-state index in [-0.39, 0.29) is 18.5 Å². The maximum Gasteiger partial charge on any atom is 0.315 e. The number of imidazole rings is 1. The number of carbonyl (C=O) groups is 2. The second-order valence-electron chi connectivity index (χ2n) is 3.99. The summed E-state index contributed by atoms with van der Waals surface area (Å²) in [6, 6.07) is -0.710. The van der Waals surface area contributed by atoms with Crippen LogP contribution >= 0.6 is 0 Å². The minimum Gasteiger partial charge on any atom is -0.481 e. The summed E-state index contributed by atoms with van der Waals surface area (Å²) in [4.78, 5) is 28.9. The molecule has 0 aromatic carbocycles. The zero-order chi connectivity index (χ0) is 13.4. The van der Waals surface area contributed by atoms with E-state index in [1.165, 1.54) is 6.33 Å². The van der Waals surface area contributed by atoms with Crippen LogP contribution in [-0.2, 0) is 11.3 Å². The van der Waals surface area contributed by atoms with Crippen LogP contribution in [0.3, 0.4) is 0 Å². The first-order chi connectivity index (χ1) is 8.61. The van der Waals surface area contributed by atoms with Crippen molar-refractivity contribution in [3.63, 3.8) is 0 Å². The van der Waals surface area contributed by atoms with Crippen LogP contribution in [0.2, 0.25) is 0 Å². The highest BCUT2D eigenvalue weighted by molar-refractivity contribution is 5.75. The predicted octanol–water partition coefficient (Wildman–Crippen LogP) is 0.852. The second kappa shape index (κ2) is 7.31. The monoisotopic (exact) mass is 254 g/mol. The Morgan fingerprint density at radius 1 is 1.56 bits per heavy atom. The molecule has 0 saturated heterocycles. The average molecular weight is 254 g/mol. The lowest BCUT2D eigenvalue weighted by molar-refractivity contribution is -0.137. The number of nitrogens with one attached hydrogen (secondary N) is 3. The fourth-order valence-corrected chi connectivity index (χ4v) is 1.58. The van der Waals surface area contributed by atoms with Gasteiger partial charge in [-0.3, -0.25) is 4.79 Å². The molecule has 1 aromatic rings. The molecule has 1 unspecified atom stereocenters. The third-order valence-corrected chi connectivity index (χ3v) is 2.39.